The Morgan fingerprint density at radius 2 is 1.05 bits per heavy atom. The number of carbonyl (C=O) groups excluding carboxylic acids is 3. The summed E-state index contributed by atoms with van der Waals surface area (Å²) in [6, 6.07) is 47.5. The maximum absolute atomic E-state index is 11.4. The minimum atomic E-state index is -1.72. The first kappa shape index (κ1) is 112. The van der Waals surface area contributed by atoms with Crippen molar-refractivity contribution in [1.29, 1.82) is 5.26 Å². The van der Waals surface area contributed by atoms with Gasteiger partial charge in [0.2, 0.25) is 22.2 Å². The maximum Gasteiger partial charge on any atom is 1.00 e. The number of aliphatic hydroxyl groups is 1. The smallest absolute Gasteiger partial charge is 1.00 e. The molecule has 0 fully saturated rings. The second kappa shape index (κ2) is 54.5. The van der Waals surface area contributed by atoms with Gasteiger partial charge in [-0.15, -0.1) is 70.9 Å². The van der Waals surface area contributed by atoms with E-state index < -0.39 is 17.5 Å². The molecule has 0 bridgehead atoms. The third-order valence-electron chi connectivity index (χ3n) is 17.0. The summed E-state index contributed by atoms with van der Waals surface area (Å²) >= 11 is 40.4. The number of ketones is 2. The van der Waals surface area contributed by atoms with Gasteiger partial charge in [0.15, 0.2) is 12.4 Å². The maximum atomic E-state index is 11.4. The van der Waals surface area contributed by atoms with E-state index in [1.165, 1.54) is 37.8 Å². The second-order valence-electron chi connectivity index (χ2n) is 25.3. The van der Waals surface area contributed by atoms with Crippen molar-refractivity contribution in [3.05, 3.63) is 246 Å². The molecule has 9 heterocycles. The van der Waals surface area contributed by atoms with Gasteiger partial charge in [0.05, 0.1) is 114 Å². The Morgan fingerprint density at radius 1 is 0.608 bits per heavy atom. The van der Waals surface area contributed by atoms with Crippen LogP contribution in [0.4, 0.5) is 39.8 Å². The molecule has 2 aliphatic heterocycles. The fourth-order valence-corrected chi connectivity index (χ4v) is 16.3. The summed E-state index contributed by atoms with van der Waals surface area (Å²) in [7, 11) is 14.8. The summed E-state index contributed by atoms with van der Waals surface area (Å²) in [5, 5.41) is 30.5. The van der Waals surface area contributed by atoms with Crippen LogP contribution in [-0.4, -0.2) is 77.3 Å². The molecule has 1 amide bonds. The monoisotopic (exact) mass is 2450 g/mol. The van der Waals surface area contributed by atoms with Crippen LogP contribution in [0.3, 0.4) is 0 Å². The fourth-order valence-electron chi connectivity index (χ4n) is 11.7. The number of nitrogen functional groups attached to an aromatic ring is 5. The molecule has 41 heteroatoms. The molecule has 0 saturated heterocycles. The van der Waals surface area contributed by atoms with Crippen molar-refractivity contribution >= 4 is 393 Å². The Morgan fingerprint density at radius 3 is 1.57 bits per heavy atom. The molecule has 651 valence electrons. The van der Waals surface area contributed by atoms with Crippen molar-refractivity contribution in [2.45, 2.75) is 61.1 Å². The topological polar surface area (TPSA) is 350 Å². The van der Waals surface area contributed by atoms with Crippen LogP contribution in [0.2, 0.25) is 0 Å². The number of Topliss-reactive ketones (excluding diaryl/α,β-unsaturated/α-hetero) is 2. The molecule has 2 aliphatic rings. The second-order valence-corrected chi connectivity index (χ2v) is 41.3. The van der Waals surface area contributed by atoms with Crippen molar-refractivity contribution in [3.8, 4) is 17.6 Å². The average molecular weight is 2460 g/mol. The number of fused-ring (bicyclic) bond motifs is 11. The number of aryl methyl sites for hydroxylation is 5. The largest absolute Gasteiger partial charge is 1.00 e. The molecule has 0 spiro atoms. The number of halogens is 14. The van der Waals surface area contributed by atoms with Crippen molar-refractivity contribution in [2.75, 3.05) is 64.3 Å². The molecule has 125 heavy (non-hydrogen) atoms. The number of thiocarbonyl (C=S) groups is 1. The number of nitriles is 1. The number of amides is 1. The molecule has 7 aromatic heterocycles. The van der Waals surface area contributed by atoms with E-state index in [9.17, 15) is 19.5 Å². The van der Waals surface area contributed by atoms with Gasteiger partial charge in [0, 0.05) is 86.4 Å². The first-order valence-electron chi connectivity index (χ1n) is 35.6. The number of benzene rings is 9. The Hall–Kier alpha value is -5.36. The third-order valence-corrected chi connectivity index (χ3v) is 24.3. The van der Waals surface area contributed by atoms with Gasteiger partial charge in [-0.25, -0.2) is 35.1 Å². The van der Waals surface area contributed by atoms with Crippen molar-refractivity contribution in [3.63, 3.8) is 0 Å². The predicted octanol–water partition coefficient (Wildman–Crippen LogP) is 24.9. The number of hydrogen-bond donors (Lipinski definition) is 8. The normalized spacial score (nSPS) is 11.3. The number of alkyl halides is 2. The number of ether oxygens (including phenoxy) is 2. The SMILES string of the molecule is CC(=O)Nc1c(Br)ccc2occc12.CC(=S)Nc1c(Br)ccc2occc12.CC[n+]1c(C)sc2ccc3occc3c21.Cc1ccc(Br)c(N)c1.Cc1ccc(Br)c(N)c1C(=O)CCl.Cc1nc2c(ccc3occc32)s1.Cl.I.N#CCCl.Nc1c(Br)ccc2c1C(=O)CO2.Nc1c(Br)ccc2c1C(O)CO2.Nc1c(Br)ccc2occc12.[B].[Cl][Al]([Cl])[Cl].[H-].[Na+]. The quantitative estimate of drug-likeness (QED) is 0.0151. The Kier molecular flexibility index (Phi) is 48.8. The van der Waals surface area contributed by atoms with Gasteiger partial charge in [0.1, 0.15) is 69.2 Å². The molecule has 9 aromatic carbocycles. The van der Waals surface area contributed by atoms with E-state index in [4.69, 9.17) is 131 Å². The van der Waals surface area contributed by atoms with Gasteiger partial charge in [-0.1, -0.05) is 35.7 Å². The van der Waals surface area contributed by atoms with E-state index >= 15 is 0 Å². The van der Waals surface area contributed by atoms with Crippen LogP contribution >= 0.6 is 236 Å². The van der Waals surface area contributed by atoms with Gasteiger partial charge in [-0.05, 0) is 291 Å². The van der Waals surface area contributed by atoms with Crippen LogP contribution in [-0.2, 0) is 11.3 Å². The van der Waals surface area contributed by atoms with Gasteiger partial charge in [-0.3, -0.25) is 14.4 Å². The molecule has 13 N–H and O–H groups in total. The van der Waals surface area contributed by atoms with E-state index in [-0.39, 0.29) is 112 Å². The molecule has 16 aromatic rings. The predicted molar refractivity (Wildman–Crippen MR) is 557 cm³/mol. The van der Waals surface area contributed by atoms with E-state index in [2.05, 4.69) is 164 Å². The van der Waals surface area contributed by atoms with Crippen molar-refractivity contribution in [1.82, 2.24) is 4.98 Å². The summed E-state index contributed by atoms with van der Waals surface area (Å²) in [5.41, 5.74) is 43.7. The van der Waals surface area contributed by atoms with Crippen LogP contribution < -0.4 is 82.9 Å². The summed E-state index contributed by atoms with van der Waals surface area (Å²) < 4.78 is 47.6. The van der Waals surface area contributed by atoms with Gasteiger partial charge < -0.3 is 77.4 Å². The number of carbonyl (C=O) groups is 3. The number of nitrogens with two attached hydrogens (primary N) is 5. The van der Waals surface area contributed by atoms with Crippen LogP contribution in [0.15, 0.2) is 230 Å². The minimum absolute atomic E-state index is 0. The minimum Gasteiger partial charge on any atom is -1.00 e. The Bertz CT molecular complexity index is 6340. The fraction of sp³-hybridized carbons (Fsp3) is 0.155. The zero-order chi connectivity index (χ0) is 88.6. The van der Waals surface area contributed by atoms with E-state index in [1.807, 2.05) is 148 Å². The number of nitrogens with one attached hydrogen (secondary N) is 2. The number of anilines is 7. The van der Waals surface area contributed by atoms with E-state index in [0.717, 1.165) is 131 Å². The van der Waals surface area contributed by atoms with Crippen LogP contribution in [0.25, 0.3) is 75.3 Å². The zero-order valence-electron chi connectivity index (χ0n) is 68.3. The number of aromatic nitrogens is 2. The average Bonchev–Trinajstić information content (AvgIpc) is 1.62. The molecular formula is C84H77AlBBr7Cl6IN10NaO11S3+. The Balaban J connectivity index is 0.000000361. The molecule has 21 nitrogen and oxygen atoms in total. The molecule has 1 unspecified atom stereocenters. The summed E-state index contributed by atoms with van der Waals surface area (Å²) in [6.45, 7) is 15.0. The number of rotatable bonds is 5. The number of aliphatic hydroxyl groups excluding tert-OH is 1. The van der Waals surface area contributed by atoms with Crippen LogP contribution in [0.5, 0.6) is 11.5 Å². The standard InChI is InChI=1S/C12H12NOS.C10H8BrNO2.C10H8BrNOS.C10H7NOS.C9H9BrClNO.C8H8BrNO2.C8H6BrNO2.C8H6BrNO.C7H8BrN.C2H2ClN.Al.B.4ClH.HI.Na.H/c1-3-13-8(2)15-11-5-4-10-9(12(11)13)6-7-14-10;1-6(13)12-10-7-4-5-14-9(7)3-2-8(10)11;1-6(14)12-10-7-4-5-13-9(7)3-2-8(10)11;1-6-11-10-7-4-5-12-8(7)2-3-9(10)13-6;1-5-2-3-6(10)9(12)8(5)7(13)4-11;2*9-4-1-2-6-7(8(4)10)5(11)3-12-6;9-6-1-2-7-5(8(6)10)3-4-11-7;1-5-2-3-6(8)7(9)4-5;3-1-2-4;;;;;;;;;/h4-7H,3H2,1-2H3;2-5H,1H3,(H,12,13);2-5H,1H3,(H,12,14);2-5H,1H3;2-3H,4,12H2,1H3;1-2,5,11H,3,10H2;1-2H,3,10H2;1-4H,10H2;2-4H,9H2,1H3;1H2;;;5*1H;;/q+1;;;;;;;;;;+3;;;;;;;+1;-1/p-3. The van der Waals surface area contributed by atoms with E-state index in [0.29, 0.717) is 51.9 Å². The number of thiazole rings is 2. The molecule has 18 rings (SSSR count). The Labute approximate surface area is 868 Å². The third kappa shape index (κ3) is 30.9. The first-order chi connectivity index (χ1) is 57.6. The van der Waals surface area contributed by atoms with Crippen LogP contribution in [0.1, 0.15) is 75.7 Å². The number of hydrogen-bond acceptors (Lipinski definition) is 21. The molecular weight excluding hydrogens is 2380 g/mol. The summed E-state index contributed by atoms with van der Waals surface area (Å²) in [6.07, 6.45) is 7.78. The van der Waals surface area contributed by atoms with Gasteiger partial charge in [0.25, 0.3) is 0 Å². The van der Waals surface area contributed by atoms with Crippen LogP contribution in [0, 0.1) is 39.0 Å². The van der Waals surface area contributed by atoms with E-state index in [1.54, 1.807) is 66.9 Å². The summed E-state index contributed by atoms with van der Waals surface area (Å²) in [5.74, 6) is 1.03. The summed E-state index contributed by atoms with van der Waals surface area (Å²) in [4.78, 5) is 38.8. The number of nitrogens with zero attached hydrogens (tertiary/aromatic N) is 3. The molecule has 0 aliphatic carbocycles. The van der Waals surface area contributed by atoms with Gasteiger partial charge in [-0.2, -0.15) is 9.83 Å². The van der Waals surface area contributed by atoms with Crippen molar-refractivity contribution < 1.29 is 86.6 Å². The molecule has 1 atom stereocenters. The van der Waals surface area contributed by atoms with Crippen molar-refractivity contribution in [2.24, 2.45) is 0 Å². The first-order valence-corrected chi connectivity index (χ1v) is 49.5. The zero-order valence-corrected chi connectivity index (χ0v) is 91.0. The molecule has 0 saturated carbocycles. The molecule has 3 radical (unpaired) electrons. The van der Waals surface area contributed by atoms with Gasteiger partial charge >= 0.3 is 40.9 Å². The number of furan rings is 5.